The Hall–Kier alpha value is 0.01000. The fourth-order valence-corrected chi connectivity index (χ4v) is 2.62. The Balaban J connectivity index is 2.73. The molecule has 0 aromatic carbocycles. The molecule has 0 fully saturated rings. The zero-order valence-electron chi connectivity index (χ0n) is 8.31. The molecule has 14 heavy (non-hydrogen) atoms. The van der Waals surface area contributed by atoms with Crippen molar-refractivity contribution in [2.75, 3.05) is 17.1 Å². The molecule has 1 heterocycles. The molecule has 0 spiro atoms. The Kier molecular flexibility index (Phi) is 4.48. The van der Waals surface area contributed by atoms with Gasteiger partial charge in [0.1, 0.15) is 0 Å². The molecule has 0 aliphatic heterocycles. The number of aromatic nitrogens is 1. The Morgan fingerprint density at radius 3 is 2.50 bits per heavy atom. The summed E-state index contributed by atoms with van der Waals surface area (Å²) in [5.41, 5.74) is 0.791. The first-order valence-corrected chi connectivity index (χ1v) is 6.43. The van der Waals surface area contributed by atoms with Crippen molar-refractivity contribution in [3.63, 3.8) is 0 Å². The standard InChI is InChI=1S/C9H14Cl2N2S/c1-3-9(5-10,6-11)13-8-12-7(2)4-14-8/h4H,3,5-6H2,1-2H3,(H,12,13). The average Bonchev–Trinajstić information content (AvgIpc) is 2.61. The maximum Gasteiger partial charge on any atom is 0.183 e. The van der Waals surface area contributed by atoms with Crippen molar-refractivity contribution < 1.29 is 0 Å². The summed E-state index contributed by atoms with van der Waals surface area (Å²) >= 11 is 13.4. The number of anilines is 1. The summed E-state index contributed by atoms with van der Waals surface area (Å²) in [4.78, 5) is 4.33. The third kappa shape index (κ3) is 2.75. The van der Waals surface area contributed by atoms with E-state index >= 15 is 0 Å². The molecule has 80 valence electrons. The lowest BCUT2D eigenvalue weighted by Crippen LogP contribution is -2.41. The van der Waals surface area contributed by atoms with Crippen LogP contribution in [0, 0.1) is 6.92 Å². The Morgan fingerprint density at radius 1 is 1.50 bits per heavy atom. The smallest absolute Gasteiger partial charge is 0.183 e. The molecular weight excluding hydrogens is 239 g/mol. The highest BCUT2D eigenvalue weighted by molar-refractivity contribution is 7.13. The second-order valence-electron chi connectivity index (χ2n) is 3.32. The van der Waals surface area contributed by atoms with Gasteiger partial charge in [-0.05, 0) is 13.3 Å². The Labute approximate surface area is 98.6 Å². The Bertz CT molecular complexity index is 276. The van der Waals surface area contributed by atoms with Crippen LogP contribution in [0.2, 0.25) is 0 Å². The first-order valence-electron chi connectivity index (χ1n) is 4.48. The van der Waals surface area contributed by atoms with Crippen LogP contribution in [0.3, 0.4) is 0 Å². The second kappa shape index (κ2) is 5.19. The predicted octanol–water partition coefficient (Wildman–Crippen LogP) is 3.49. The molecule has 0 bridgehead atoms. The fourth-order valence-electron chi connectivity index (χ4n) is 1.02. The summed E-state index contributed by atoms with van der Waals surface area (Å²) in [6, 6.07) is 0. The Morgan fingerprint density at radius 2 is 2.14 bits per heavy atom. The SMILES string of the molecule is CCC(CCl)(CCl)Nc1nc(C)cs1. The number of alkyl halides is 2. The summed E-state index contributed by atoms with van der Waals surface area (Å²) in [5.74, 6) is 0.983. The van der Waals surface area contributed by atoms with Gasteiger partial charge in [0, 0.05) is 17.1 Å². The fraction of sp³-hybridized carbons (Fsp3) is 0.667. The third-order valence-electron chi connectivity index (χ3n) is 2.18. The lowest BCUT2D eigenvalue weighted by atomic mass is 10.0. The van der Waals surface area contributed by atoms with Crippen molar-refractivity contribution in [3.05, 3.63) is 11.1 Å². The van der Waals surface area contributed by atoms with E-state index in [-0.39, 0.29) is 5.54 Å². The molecule has 1 aromatic heterocycles. The molecule has 1 N–H and O–H groups in total. The number of aryl methyl sites for hydroxylation is 1. The number of hydrogen-bond acceptors (Lipinski definition) is 3. The molecule has 5 heteroatoms. The van der Waals surface area contributed by atoms with Gasteiger partial charge in [0.05, 0.1) is 11.2 Å². The summed E-state index contributed by atoms with van der Waals surface area (Å²) in [5, 5.41) is 6.21. The van der Waals surface area contributed by atoms with Crippen LogP contribution >= 0.6 is 34.5 Å². The molecule has 0 unspecified atom stereocenters. The lowest BCUT2D eigenvalue weighted by Gasteiger charge is -2.29. The van der Waals surface area contributed by atoms with Gasteiger partial charge in [0.2, 0.25) is 0 Å². The van der Waals surface area contributed by atoms with E-state index in [4.69, 9.17) is 23.2 Å². The van der Waals surface area contributed by atoms with Gasteiger partial charge in [-0.25, -0.2) is 4.98 Å². The molecule has 0 radical (unpaired) electrons. The van der Waals surface area contributed by atoms with Gasteiger partial charge in [-0.15, -0.1) is 34.5 Å². The van der Waals surface area contributed by atoms with Crippen LogP contribution in [0.1, 0.15) is 19.0 Å². The van der Waals surface area contributed by atoms with E-state index < -0.39 is 0 Å². The summed E-state index contributed by atoms with van der Waals surface area (Å²) in [6.07, 6.45) is 0.888. The maximum atomic E-state index is 5.91. The van der Waals surface area contributed by atoms with Gasteiger partial charge in [-0.1, -0.05) is 6.92 Å². The zero-order chi connectivity index (χ0) is 10.6. The minimum atomic E-state index is -0.229. The lowest BCUT2D eigenvalue weighted by molar-refractivity contribution is 0.560. The largest absolute Gasteiger partial charge is 0.354 e. The van der Waals surface area contributed by atoms with Crippen molar-refractivity contribution in [1.29, 1.82) is 0 Å². The highest BCUT2D eigenvalue weighted by Crippen LogP contribution is 2.24. The van der Waals surface area contributed by atoms with Crippen LogP contribution in [-0.2, 0) is 0 Å². The first-order chi connectivity index (χ1) is 6.65. The first kappa shape index (κ1) is 12.1. The van der Waals surface area contributed by atoms with Crippen LogP contribution in [0.4, 0.5) is 5.13 Å². The van der Waals surface area contributed by atoms with Gasteiger partial charge in [0.15, 0.2) is 5.13 Å². The molecule has 0 atom stereocenters. The van der Waals surface area contributed by atoms with Crippen molar-refractivity contribution in [1.82, 2.24) is 4.98 Å². The summed E-state index contributed by atoms with van der Waals surface area (Å²) in [6.45, 7) is 4.04. The molecule has 0 aliphatic rings. The highest BCUT2D eigenvalue weighted by Gasteiger charge is 2.26. The van der Waals surface area contributed by atoms with Gasteiger partial charge < -0.3 is 5.32 Å². The van der Waals surface area contributed by atoms with E-state index in [1.165, 1.54) is 0 Å². The van der Waals surface area contributed by atoms with E-state index in [0.29, 0.717) is 11.8 Å². The van der Waals surface area contributed by atoms with E-state index in [1.54, 1.807) is 11.3 Å². The van der Waals surface area contributed by atoms with Crippen LogP contribution < -0.4 is 5.32 Å². The number of halogens is 2. The van der Waals surface area contributed by atoms with E-state index in [0.717, 1.165) is 17.2 Å². The summed E-state index contributed by atoms with van der Waals surface area (Å²) < 4.78 is 0. The number of nitrogens with zero attached hydrogens (tertiary/aromatic N) is 1. The van der Waals surface area contributed by atoms with Gasteiger partial charge in [0.25, 0.3) is 0 Å². The van der Waals surface area contributed by atoms with Crippen molar-refractivity contribution in [2.45, 2.75) is 25.8 Å². The normalized spacial score (nSPS) is 11.7. The third-order valence-corrected chi connectivity index (χ3v) is 4.08. The minimum absolute atomic E-state index is 0.229. The van der Waals surface area contributed by atoms with Crippen LogP contribution in [-0.4, -0.2) is 22.3 Å². The predicted molar refractivity (Wildman–Crippen MR) is 64.9 cm³/mol. The number of rotatable bonds is 5. The molecule has 0 aliphatic carbocycles. The van der Waals surface area contributed by atoms with Crippen molar-refractivity contribution in [3.8, 4) is 0 Å². The monoisotopic (exact) mass is 252 g/mol. The maximum absolute atomic E-state index is 5.91. The molecule has 0 saturated heterocycles. The van der Waals surface area contributed by atoms with E-state index in [2.05, 4.69) is 17.2 Å². The highest BCUT2D eigenvalue weighted by atomic mass is 35.5. The van der Waals surface area contributed by atoms with Gasteiger partial charge >= 0.3 is 0 Å². The molecule has 1 aromatic rings. The van der Waals surface area contributed by atoms with Crippen molar-refractivity contribution in [2.24, 2.45) is 0 Å². The number of thiazole rings is 1. The van der Waals surface area contributed by atoms with E-state index in [1.807, 2.05) is 12.3 Å². The van der Waals surface area contributed by atoms with Crippen LogP contribution in [0.5, 0.6) is 0 Å². The molecule has 2 nitrogen and oxygen atoms in total. The average molecular weight is 253 g/mol. The summed E-state index contributed by atoms with van der Waals surface area (Å²) in [7, 11) is 0. The van der Waals surface area contributed by atoms with E-state index in [9.17, 15) is 0 Å². The van der Waals surface area contributed by atoms with Crippen LogP contribution in [0.15, 0.2) is 5.38 Å². The second-order valence-corrected chi connectivity index (χ2v) is 4.71. The minimum Gasteiger partial charge on any atom is -0.354 e. The van der Waals surface area contributed by atoms with Gasteiger partial charge in [-0.2, -0.15) is 0 Å². The molecule has 1 rings (SSSR count). The topological polar surface area (TPSA) is 24.9 Å². The molecule has 0 saturated carbocycles. The quantitative estimate of drug-likeness (QED) is 0.812. The molecular formula is C9H14Cl2N2S. The zero-order valence-corrected chi connectivity index (χ0v) is 10.6. The number of nitrogens with one attached hydrogen (secondary N) is 1. The van der Waals surface area contributed by atoms with Crippen molar-refractivity contribution >= 4 is 39.7 Å². The number of hydrogen-bond donors (Lipinski definition) is 1. The molecule has 0 amide bonds. The van der Waals surface area contributed by atoms with Gasteiger partial charge in [-0.3, -0.25) is 0 Å². The van der Waals surface area contributed by atoms with Crippen LogP contribution in [0.25, 0.3) is 0 Å².